The molecule has 2 atom stereocenters. The molecule has 0 saturated carbocycles. The van der Waals surface area contributed by atoms with Crippen molar-refractivity contribution in [1.29, 1.82) is 0 Å². The maximum Gasteiger partial charge on any atom is 0.0379 e. The predicted octanol–water partition coefficient (Wildman–Crippen LogP) is 5.11. The molecule has 0 N–H and O–H groups in total. The van der Waals surface area contributed by atoms with Gasteiger partial charge in [-0.3, -0.25) is 0 Å². The molecule has 1 nitrogen and oxygen atoms in total. The molecule has 106 valence electrons. The summed E-state index contributed by atoms with van der Waals surface area (Å²) in [6.45, 7) is 2.29. The monoisotopic (exact) mass is 267 g/mol. The van der Waals surface area contributed by atoms with E-state index in [0.717, 1.165) is 0 Å². The first-order chi connectivity index (χ1) is 9.84. The Morgan fingerprint density at radius 3 is 2.45 bits per heavy atom. The highest BCUT2D eigenvalue weighted by molar-refractivity contribution is 5.33. The number of hydrogen-bond acceptors (Lipinski definition) is 1. The molecule has 0 aliphatic heterocycles. The lowest BCUT2D eigenvalue weighted by atomic mass is 9.95. The molecule has 0 heterocycles. The summed E-state index contributed by atoms with van der Waals surface area (Å²) < 4.78 is 0. The van der Waals surface area contributed by atoms with Crippen molar-refractivity contribution in [3.63, 3.8) is 0 Å². The van der Waals surface area contributed by atoms with E-state index in [1.807, 2.05) is 0 Å². The van der Waals surface area contributed by atoms with Gasteiger partial charge in [-0.25, -0.2) is 0 Å². The van der Waals surface area contributed by atoms with Crippen LogP contribution in [0, 0.1) is 5.92 Å². The van der Waals surface area contributed by atoms with Crippen LogP contribution in [0.2, 0.25) is 0 Å². The molecule has 20 heavy (non-hydrogen) atoms. The van der Waals surface area contributed by atoms with Crippen molar-refractivity contribution in [2.24, 2.45) is 5.92 Å². The van der Waals surface area contributed by atoms with Crippen LogP contribution in [0.5, 0.6) is 0 Å². The predicted molar refractivity (Wildman–Crippen MR) is 86.1 cm³/mol. The summed E-state index contributed by atoms with van der Waals surface area (Å²) in [6.07, 6.45) is 26.0. The number of rotatable bonds is 3. The highest BCUT2D eigenvalue weighted by Gasteiger charge is 2.23. The van der Waals surface area contributed by atoms with Gasteiger partial charge in [-0.15, -0.1) is 0 Å². The molecule has 3 aliphatic rings. The summed E-state index contributed by atoms with van der Waals surface area (Å²) in [5, 5.41) is 0. The van der Waals surface area contributed by atoms with E-state index < -0.39 is 0 Å². The molecule has 0 amide bonds. The van der Waals surface area contributed by atoms with Crippen molar-refractivity contribution in [3.05, 3.63) is 60.0 Å². The second kappa shape index (κ2) is 6.30. The van der Waals surface area contributed by atoms with E-state index in [0.29, 0.717) is 12.0 Å². The maximum atomic E-state index is 2.58. The molecular formula is C19H25N. The van der Waals surface area contributed by atoms with Crippen molar-refractivity contribution in [1.82, 2.24) is 4.90 Å². The lowest BCUT2D eigenvalue weighted by molar-refractivity contribution is 0.303. The van der Waals surface area contributed by atoms with Crippen LogP contribution in [-0.4, -0.2) is 10.9 Å². The zero-order chi connectivity index (χ0) is 13.8. The van der Waals surface area contributed by atoms with Crippen LogP contribution in [0.1, 0.15) is 45.4 Å². The number of allylic oxidation sites excluding steroid dienone is 7. The summed E-state index contributed by atoms with van der Waals surface area (Å²) in [7, 11) is 0. The second-order valence-corrected chi connectivity index (χ2v) is 6.12. The van der Waals surface area contributed by atoms with E-state index in [9.17, 15) is 0 Å². The molecule has 0 spiro atoms. The van der Waals surface area contributed by atoms with Crippen LogP contribution >= 0.6 is 0 Å². The van der Waals surface area contributed by atoms with E-state index >= 15 is 0 Å². The van der Waals surface area contributed by atoms with Gasteiger partial charge in [0.1, 0.15) is 0 Å². The Hall–Kier alpha value is -1.50. The molecule has 0 aromatic rings. The van der Waals surface area contributed by atoms with Crippen molar-refractivity contribution < 1.29 is 0 Å². The van der Waals surface area contributed by atoms with Gasteiger partial charge in [-0.1, -0.05) is 43.4 Å². The standard InChI is InChI=1S/C19H25N/c1-16-12-14-19(15-13-16)20(17-8-4-2-5-9-17)18-10-6-3-7-11-18/h2,4,6,10-12,14-17H,3,5,7-9,13H2,1H3. The zero-order valence-electron chi connectivity index (χ0n) is 12.5. The Morgan fingerprint density at radius 2 is 1.80 bits per heavy atom. The van der Waals surface area contributed by atoms with E-state index in [-0.39, 0.29) is 0 Å². The molecule has 0 aromatic heterocycles. The molecule has 0 aromatic carbocycles. The smallest absolute Gasteiger partial charge is 0.0379 e. The summed E-state index contributed by atoms with van der Waals surface area (Å²) in [4.78, 5) is 2.58. The molecule has 0 radical (unpaired) electrons. The highest BCUT2D eigenvalue weighted by Crippen LogP contribution is 2.31. The van der Waals surface area contributed by atoms with Crippen LogP contribution < -0.4 is 0 Å². The Morgan fingerprint density at radius 1 is 0.900 bits per heavy atom. The fraction of sp³-hybridized carbons (Fsp3) is 0.474. The molecule has 3 aliphatic carbocycles. The minimum atomic E-state index is 0.623. The Kier molecular flexibility index (Phi) is 4.25. The van der Waals surface area contributed by atoms with Gasteiger partial charge in [0.15, 0.2) is 0 Å². The molecule has 3 rings (SSSR count). The normalized spacial score (nSPS) is 29.1. The van der Waals surface area contributed by atoms with Crippen molar-refractivity contribution >= 4 is 0 Å². The third-order valence-electron chi connectivity index (χ3n) is 4.43. The van der Waals surface area contributed by atoms with Gasteiger partial charge in [0.25, 0.3) is 0 Å². The van der Waals surface area contributed by atoms with E-state index in [2.05, 4.69) is 60.4 Å². The average Bonchev–Trinajstić information content (AvgIpc) is 2.52. The zero-order valence-corrected chi connectivity index (χ0v) is 12.5. The summed E-state index contributed by atoms with van der Waals surface area (Å²) in [5.74, 6) is 0.683. The first-order valence-electron chi connectivity index (χ1n) is 8.04. The lowest BCUT2D eigenvalue weighted by Crippen LogP contribution is -2.34. The third kappa shape index (κ3) is 2.98. The third-order valence-corrected chi connectivity index (χ3v) is 4.43. The highest BCUT2D eigenvalue weighted by atomic mass is 15.2. The van der Waals surface area contributed by atoms with Gasteiger partial charge in [0.2, 0.25) is 0 Å². The van der Waals surface area contributed by atoms with Crippen LogP contribution in [0.3, 0.4) is 0 Å². The van der Waals surface area contributed by atoms with Gasteiger partial charge in [-0.2, -0.15) is 0 Å². The molecule has 2 unspecified atom stereocenters. The topological polar surface area (TPSA) is 3.24 Å². The van der Waals surface area contributed by atoms with Crippen molar-refractivity contribution in [3.8, 4) is 0 Å². The first kappa shape index (κ1) is 13.5. The molecular weight excluding hydrogens is 242 g/mol. The molecule has 0 saturated heterocycles. The largest absolute Gasteiger partial charge is 0.339 e. The Labute approximate surface area is 123 Å². The average molecular weight is 267 g/mol. The van der Waals surface area contributed by atoms with Crippen LogP contribution in [0.15, 0.2) is 60.0 Å². The number of nitrogens with zero attached hydrogens (tertiary/aromatic N) is 1. The fourth-order valence-electron chi connectivity index (χ4n) is 3.26. The summed E-state index contributed by atoms with van der Waals surface area (Å²) in [6, 6.07) is 0.623. The SMILES string of the molecule is CC1C=CC(N(C2=CCCC=C2)C2CC=CCC2)=CC1. The molecule has 1 heteroatoms. The van der Waals surface area contributed by atoms with Crippen LogP contribution in [0.4, 0.5) is 0 Å². The first-order valence-corrected chi connectivity index (χ1v) is 8.04. The van der Waals surface area contributed by atoms with Crippen molar-refractivity contribution in [2.75, 3.05) is 0 Å². The van der Waals surface area contributed by atoms with E-state index in [1.54, 1.807) is 0 Å². The molecule has 0 bridgehead atoms. The van der Waals surface area contributed by atoms with Gasteiger partial charge < -0.3 is 4.90 Å². The van der Waals surface area contributed by atoms with Crippen LogP contribution in [0.25, 0.3) is 0 Å². The quantitative estimate of drug-likeness (QED) is 0.642. The van der Waals surface area contributed by atoms with E-state index in [4.69, 9.17) is 0 Å². The minimum absolute atomic E-state index is 0.623. The minimum Gasteiger partial charge on any atom is -0.339 e. The van der Waals surface area contributed by atoms with E-state index in [1.165, 1.54) is 49.9 Å². The Bertz CT molecular complexity index is 490. The van der Waals surface area contributed by atoms with Gasteiger partial charge in [-0.05, 0) is 56.6 Å². The van der Waals surface area contributed by atoms with Crippen LogP contribution in [-0.2, 0) is 0 Å². The second-order valence-electron chi connectivity index (χ2n) is 6.12. The van der Waals surface area contributed by atoms with Crippen molar-refractivity contribution in [2.45, 2.75) is 51.5 Å². The van der Waals surface area contributed by atoms with Gasteiger partial charge >= 0.3 is 0 Å². The Balaban J connectivity index is 1.87. The van der Waals surface area contributed by atoms with Gasteiger partial charge in [0, 0.05) is 17.4 Å². The fourth-order valence-corrected chi connectivity index (χ4v) is 3.26. The van der Waals surface area contributed by atoms with Gasteiger partial charge in [0.05, 0.1) is 0 Å². The maximum absolute atomic E-state index is 2.58. The summed E-state index contributed by atoms with van der Waals surface area (Å²) in [5.41, 5.74) is 2.81. The lowest BCUT2D eigenvalue weighted by Gasteiger charge is -2.38. The molecule has 0 fully saturated rings. The number of hydrogen-bond donors (Lipinski definition) is 0. The summed E-state index contributed by atoms with van der Waals surface area (Å²) >= 11 is 0.